The molecule has 0 saturated carbocycles. The van der Waals surface area contributed by atoms with Crippen LogP contribution in [0.2, 0.25) is 5.02 Å². The lowest BCUT2D eigenvalue weighted by molar-refractivity contribution is 0.239. The molecule has 0 aromatic heterocycles. The number of benzene rings is 1. The summed E-state index contributed by atoms with van der Waals surface area (Å²) in [6, 6.07) is 4.91. The monoisotopic (exact) mass is 403 g/mol. The molecule has 1 aromatic rings. The molecule has 0 amide bonds. The fourth-order valence-electron chi connectivity index (χ4n) is 2.39. The molecule has 0 radical (unpaired) electrons. The SMILES string of the molecule is Cc1ccc(Cl)cc1S(=O)(=O)NCCCN1CCNCC1.Cl.Cl. The number of piperazine rings is 1. The Morgan fingerprint density at radius 1 is 1.26 bits per heavy atom. The molecule has 1 heterocycles. The predicted molar refractivity (Wildman–Crippen MR) is 99.8 cm³/mol. The van der Waals surface area contributed by atoms with Gasteiger partial charge in [0.25, 0.3) is 0 Å². The third kappa shape index (κ3) is 7.13. The normalized spacial score (nSPS) is 15.6. The molecule has 0 aliphatic carbocycles. The van der Waals surface area contributed by atoms with Crippen molar-refractivity contribution in [3.8, 4) is 0 Å². The van der Waals surface area contributed by atoms with Crippen LogP contribution < -0.4 is 10.0 Å². The van der Waals surface area contributed by atoms with Gasteiger partial charge in [-0.2, -0.15) is 0 Å². The van der Waals surface area contributed by atoms with Gasteiger partial charge in [0.2, 0.25) is 10.0 Å². The standard InChI is InChI=1S/C14H22ClN3O2S.2ClH/c1-12-3-4-13(15)11-14(12)21(19,20)17-5-2-8-18-9-6-16-7-10-18;;/h3-4,11,16-17H,2,5-10H2,1H3;2*1H. The molecule has 5 nitrogen and oxygen atoms in total. The maximum absolute atomic E-state index is 12.3. The molecule has 134 valence electrons. The van der Waals surface area contributed by atoms with Gasteiger partial charge in [0.15, 0.2) is 0 Å². The second-order valence-corrected chi connectivity index (χ2v) is 7.42. The largest absolute Gasteiger partial charge is 0.314 e. The first-order valence-corrected chi connectivity index (χ1v) is 9.04. The number of hydrogen-bond donors (Lipinski definition) is 2. The molecule has 1 aliphatic heterocycles. The van der Waals surface area contributed by atoms with Crippen molar-refractivity contribution in [2.45, 2.75) is 18.2 Å². The molecule has 2 N–H and O–H groups in total. The lowest BCUT2D eigenvalue weighted by atomic mass is 10.2. The summed E-state index contributed by atoms with van der Waals surface area (Å²) in [6.45, 7) is 7.20. The van der Waals surface area contributed by atoms with Crippen LogP contribution in [-0.4, -0.2) is 52.6 Å². The van der Waals surface area contributed by atoms with E-state index in [0.717, 1.165) is 39.1 Å². The Balaban J connectivity index is 0.00000242. The molecule has 0 spiro atoms. The van der Waals surface area contributed by atoms with Gasteiger partial charge in [-0.1, -0.05) is 17.7 Å². The van der Waals surface area contributed by atoms with Crippen LogP contribution in [0.25, 0.3) is 0 Å². The molecule has 1 aromatic carbocycles. The Hall–Kier alpha value is -0.0800. The highest BCUT2D eigenvalue weighted by atomic mass is 35.5. The van der Waals surface area contributed by atoms with E-state index in [2.05, 4.69) is 14.9 Å². The molecular formula is C14H24Cl3N3O2S. The summed E-state index contributed by atoms with van der Waals surface area (Å²) in [6.07, 6.45) is 0.804. The van der Waals surface area contributed by atoms with Crippen molar-refractivity contribution in [3.05, 3.63) is 28.8 Å². The molecule has 0 unspecified atom stereocenters. The minimum absolute atomic E-state index is 0. The molecule has 1 saturated heterocycles. The minimum atomic E-state index is -3.48. The first-order chi connectivity index (χ1) is 9.99. The highest BCUT2D eigenvalue weighted by Gasteiger charge is 2.17. The molecule has 9 heteroatoms. The summed E-state index contributed by atoms with van der Waals surface area (Å²) in [5.74, 6) is 0. The molecule has 1 fully saturated rings. The van der Waals surface area contributed by atoms with Gasteiger partial charge in [0.05, 0.1) is 4.90 Å². The number of rotatable bonds is 6. The molecule has 0 atom stereocenters. The van der Waals surface area contributed by atoms with Crippen LogP contribution >= 0.6 is 36.4 Å². The van der Waals surface area contributed by atoms with E-state index in [0.29, 0.717) is 17.1 Å². The van der Waals surface area contributed by atoms with Crippen LogP contribution in [0.15, 0.2) is 23.1 Å². The number of nitrogens with zero attached hydrogens (tertiary/aromatic N) is 1. The average Bonchev–Trinajstić information content (AvgIpc) is 2.47. The summed E-state index contributed by atoms with van der Waals surface area (Å²) in [7, 11) is -3.48. The van der Waals surface area contributed by atoms with Gasteiger partial charge in [0, 0.05) is 37.7 Å². The summed E-state index contributed by atoms with van der Waals surface area (Å²) in [4.78, 5) is 2.60. The van der Waals surface area contributed by atoms with Crippen LogP contribution in [0.3, 0.4) is 0 Å². The van der Waals surface area contributed by atoms with Gasteiger partial charge in [-0.15, -0.1) is 24.8 Å². The second kappa shape index (κ2) is 10.7. The van der Waals surface area contributed by atoms with E-state index in [4.69, 9.17) is 11.6 Å². The Labute approximate surface area is 156 Å². The molecule has 2 rings (SSSR count). The first-order valence-electron chi connectivity index (χ1n) is 7.18. The maximum Gasteiger partial charge on any atom is 0.240 e. The van der Waals surface area contributed by atoms with E-state index in [-0.39, 0.29) is 29.7 Å². The average molecular weight is 405 g/mol. The quantitative estimate of drug-likeness (QED) is 0.713. The second-order valence-electron chi connectivity index (χ2n) is 5.25. The summed E-state index contributed by atoms with van der Waals surface area (Å²) in [5, 5.41) is 3.73. The van der Waals surface area contributed by atoms with Crippen LogP contribution in [0, 0.1) is 6.92 Å². The van der Waals surface area contributed by atoms with Crippen molar-refractivity contribution in [2.75, 3.05) is 39.3 Å². The lowest BCUT2D eigenvalue weighted by Crippen LogP contribution is -2.44. The Morgan fingerprint density at radius 3 is 2.57 bits per heavy atom. The molecular weight excluding hydrogens is 381 g/mol. The van der Waals surface area contributed by atoms with E-state index in [1.54, 1.807) is 19.1 Å². The maximum atomic E-state index is 12.3. The molecule has 1 aliphatic rings. The van der Waals surface area contributed by atoms with Crippen LogP contribution in [-0.2, 0) is 10.0 Å². The predicted octanol–water partition coefficient (Wildman–Crippen LogP) is 2.07. The smallest absolute Gasteiger partial charge is 0.240 e. The lowest BCUT2D eigenvalue weighted by Gasteiger charge is -2.27. The number of nitrogens with one attached hydrogen (secondary N) is 2. The number of halogens is 3. The van der Waals surface area contributed by atoms with Gasteiger partial charge >= 0.3 is 0 Å². The van der Waals surface area contributed by atoms with Gasteiger partial charge in [-0.05, 0) is 37.6 Å². The van der Waals surface area contributed by atoms with Gasteiger partial charge in [0.1, 0.15) is 0 Å². The Morgan fingerprint density at radius 2 is 1.91 bits per heavy atom. The van der Waals surface area contributed by atoms with E-state index >= 15 is 0 Å². The van der Waals surface area contributed by atoms with Gasteiger partial charge in [-0.25, -0.2) is 13.1 Å². The molecule has 0 bridgehead atoms. The molecule has 23 heavy (non-hydrogen) atoms. The number of sulfonamides is 1. The summed E-state index contributed by atoms with van der Waals surface area (Å²) < 4.78 is 27.2. The Bertz CT molecular complexity index is 579. The summed E-state index contributed by atoms with van der Waals surface area (Å²) in [5.41, 5.74) is 0.703. The zero-order chi connectivity index (χ0) is 15.3. The van der Waals surface area contributed by atoms with Crippen molar-refractivity contribution in [1.82, 2.24) is 14.9 Å². The first kappa shape index (κ1) is 22.9. The number of hydrogen-bond acceptors (Lipinski definition) is 4. The van der Waals surface area contributed by atoms with E-state index in [9.17, 15) is 8.42 Å². The zero-order valence-corrected chi connectivity index (χ0v) is 16.3. The van der Waals surface area contributed by atoms with Crippen LogP contribution in [0.5, 0.6) is 0 Å². The Kier molecular flexibility index (Phi) is 10.7. The van der Waals surface area contributed by atoms with E-state index < -0.39 is 10.0 Å². The fraction of sp³-hybridized carbons (Fsp3) is 0.571. The number of aryl methyl sites for hydroxylation is 1. The van der Waals surface area contributed by atoms with Crippen molar-refractivity contribution in [1.29, 1.82) is 0 Å². The third-order valence-corrected chi connectivity index (χ3v) is 5.43. The van der Waals surface area contributed by atoms with Gasteiger partial charge in [-0.3, -0.25) is 0 Å². The van der Waals surface area contributed by atoms with Crippen molar-refractivity contribution in [2.24, 2.45) is 0 Å². The van der Waals surface area contributed by atoms with E-state index in [1.165, 1.54) is 6.07 Å². The van der Waals surface area contributed by atoms with Crippen molar-refractivity contribution >= 4 is 46.4 Å². The zero-order valence-electron chi connectivity index (χ0n) is 13.0. The third-order valence-electron chi connectivity index (χ3n) is 3.59. The van der Waals surface area contributed by atoms with Crippen LogP contribution in [0.4, 0.5) is 0 Å². The van der Waals surface area contributed by atoms with Gasteiger partial charge < -0.3 is 10.2 Å². The highest BCUT2D eigenvalue weighted by molar-refractivity contribution is 7.89. The topological polar surface area (TPSA) is 61.4 Å². The highest BCUT2D eigenvalue weighted by Crippen LogP contribution is 2.19. The van der Waals surface area contributed by atoms with Crippen LogP contribution in [0.1, 0.15) is 12.0 Å². The minimum Gasteiger partial charge on any atom is -0.314 e. The summed E-state index contributed by atoms with van der Waals surface area (Å²) >= 11 is 5.88. The van der Waals surface area contributed by atoms with Crippen molar-refractivity contribution < 1.29 is 8.42 Å². The fourth-order valence-corrected chi connectivity index (χ4v) is 3.96. The van der Waals surface area contributed by atoms with E-state index in [1.807, 2.05) is 0 Å². The van der Waals surface area contributed by atoms with Crippen molar-refractivity contribution in [3.63, 3.8) is 0 Å².